The number of aromatic nitrogens is 3. The zero-order valence-electron chi connectivity index (χ0n) is 14.7. The molecule has 5 nitrogen and oxygen atoms in total. The average Bonchev–Trinajstić information content (AvgIpc) is 3.19. The van der Waals surface area contributed by atoms with Gasteiger partial charge in [-0.3, -0.25) is 4.79 Å². The Morgan fingerprint density at radius 3 is 3.00 bits per heavy atom. The van der Waals surface area contributed by atoms with Crippen molar-refractivity contribution in [1.82, 2.24) is 20.1 Å². The highest BCUT2D eigenvalue weighted by atomic mass is 32.2. The Morgan fingerprint density at radius 2 is 2.24 bits per heavy atom. The van der Waals surface area contributed by atoms with E-state index in [-0.39, 0.29) is 5.91 Å². The van der Waals surface area contributed by atoms with E-state index in [4.69, 9.17) is 0 Å². The van der Waals surface area contributed by atoms with Crippen LogP contribution in [0.25, 0.3) is 10.7 Å². The molecule has 0 unspecified atom stereocenters. The van der Waals surface area contributed by atoms with Gasteiger partial charge in [0.1, 0.15) is 0 Å². The van der Waals surface area contributed by atoms with Crippen LogP contribution in [0.1, 0.15) is 43.0 Å². The van der Waals surface area contributed by atoms with Gasteiger partial charge < -0.3 is 9.88 Å². The highest BCUT2D eigenvalue weighted by Crippen LogP contribution is 2.38. The van der Waals surface area contributed by atoms with Gasteiger partial charge in [-0.1, -0.05) is 25.1 Å². The fourth-order valence-corrected chi connectivity index (χ4v) is 5.29. The molecule has 2 heterocycles. The fourth-order valence-electron chi connectivity index (χ4n) is 3.34. The number of hydrogen-bond donors (Lipinski definition) is 1. The standard InChI is InChI=1S/C18H24N4OS2/c1-3-11-4-7-14-12(8-11)9-15(25-14)17-20-21-18(22(17)2)24-10-16(23)19-13-5-6-13/h9,11,13H,3-8,10H2,1-2H3,(H,19,23)/t11-/m0/s1. The Bertz CT molecular complexity index is 778. The molecule has 1 fully saturated rings. The third kappa shape index (κ3) is 3.77. The first-order valence-electron chi connectivity index (χ1n) is 9.07. The molecular weight excluding hydrogens is 352 g/mol. The van der Waals surface area contributed by atoms with E-state index in [0.717, 1.165) is 29.7 Å². The van der Waals surface area contributed by atoms with Gasteiger partial charge in [0.15, 0.2) is 11.0 Å². The maximum Gasteiger partial charge on any atom is 0.230 e. The lowest BCUT2D eigenvalue weighted by atomic mass is 9.87. The van der Waals surface area contributed by atoms with Gasteiger partial charge in [0.2, 0.25) is 5.91 Å². The van der Waals surface area contributed by atoms with Crippen molar-refractivity contribution in [3.05, 3.63) is 16.5 Å². The quantitative estimate of drug-likeness (QED) is 0.785. The van der Waals surface area contributed by atoms with Crippen molar-refractivity contribution in [3.8, 4) is 10.7 Å². The molecule has 0 aliphatic heterocycles. The van der Waals surface area contributed by atoms with Crippen molar-refractivity contribution in [2.75, 3.05) is 5.75 Å². The van der Waals surface area contributed by atoms with Crippen LogP contribution in [0.15, 0.2) is 11.2 Å². The van der Waals surface area contributed by atoms with E-state index in [1.54, 1.807) is 0 Å². The second-order valence-corrected chi connectivity index (χ2v) is 9.15. The van der Waals surface area contributed by atoms with Crippen molar-refractivity contribution in [1.29, 1.82) is 0 Å². The van der Waals surface area contributed by atoms with E-state index in [1.807, 2.05) is 23.0 Å². The molecular formula is C18H24N4OS2. The number of rotatable bonds is 6. The number of hydrogen-bond acceptors (Lipinski definition) is 5. The van der Waals surface area contributed by atoms with Crippen molar-refractivity contribution in [3.63, 3.8) is 0 Å². The first-order valence-corrected chi connectivity index (χ1v) is 10.9. The molecule has 25 heavy (non-hydrogen) atoms. The van der Waals surface area contributed by atoms with E-state index in [1.165, 1.54) is 52.8 Å². The molecule has 1 amide bonds. The number of amides is 1. The number of carbonyl (C=O) groups is 1. The average molecular weight is 377 g/mol. The summed E-state index contributed by atoms with van der Waals surface area (Å²) in [5.41, 5.74) is 1.50. The summed E-state index contributed by atoms with van der Waals surface area (Å²) in [6.07, 6.45) is 7.19. The number of nitrogens with zero attached hydrogens (tertiary/aromatic N) is 3. The van der Waals surface area contributed by atoms with Crippen molar-refractivity contribution < 1.29 is 4.79 Å². The molecule has 0 saturated heterocycles. The minimum Gasteiger partial charge on any atom is -0.353 e. The Balaban J connectivity index is 1.45. The van der Waals surface area contributed by atoms with Gasteiger partial charge in [0.25, 0.3) is 0 Å². The number of nitrogens with one attached hydrogen (secondary N) is 1. The molecule has 0 spiro atoms. The fraction of sp³-hybridized carbons (Fsp3) is 0.611. The van der Waals surface area contributed by atoms with E-state index < -0.39 is 0 Å². The minimum atomic E-state index is 0.0919. The SMILES string of the molecule is CC[C@H]1CCc2sc(-c3nnc(SCC(=O)NC4CC4)n3C)cc2C1. The van der Waals surface area contributed by atoms with Gasteiger partial charge >= 0.3 is 0 Å². The second kappa shape index (κ2) is 7.11. The normalized spacial score (nSPS) is 19.7. The lowest BCUT2D eigenvalue weighted by Gasteiger charge is -2.19. The number of carbonyl (C=O) groups excluding carboxylic acids is 1. The van der Waals surface area contributed by atoms with Crippen LogP contribution >= 0.6 is 23.1 Å². The highest BCUT2D eigenvalue weighted by Gasteiger charge is 2.24. The molecule has 0 bridgehead atoms. The van der Waals surface area contributed by atoms with Crippen LogP contribution in [-0.2, 0) is 24.7 Å². The Kier molecular flexibility index (Phi) is 4.86. The smallest absolute Gasteiger partial charge is 0.230 e. The second-order valence-electron chi connectivity index (χ2n) is 7.07. The van der Waals surface area contributed by atoms with E-state index in [0.29, 0.717) is 11.8 Å². The van der Waals surface area contributed by atoms with E-state index in [9.17, 15) is 4.79 Å². The largest absolute Gasteiger partial charge is 0.353 e. The maximum absolute atomic E-state index is 11.9. The third-order valence-electron chi connectivity index (χ3n) is 5.09. The summed E-state index contributed by atoms with van der Waals surface area (Å²) in [6.45, 7) is 2.29. The summed E-state index contributed by atoms with van der Waals surface area (Å²) < 4.78 is 2.02. The van der Waals surface area contributed by atoms with Gasteiger partial charge in [0.05, 0.1) is 10.6 Å². The van der Waals surface area contributed by atoms with Crippen molar-refractivity contribution in [2.45, 2.75) is 56.6 Å². The van der Waals surface area contributed by atoms with Crippen LogP contribution in [-0.4, -0.2) is 32.5 Å². The lowest BCUT2D eigenvalue weighted by Crippen LogP contribution is -2.27. The first kappa shape index (κ1) is 17.1. The molecule has 1 saturated carbocycles. The van der Waals surface area contributed by atoms with E-state index in [2.05, 4.69) is 28.5 Å². The first-order chi connectivity index (χ1) is 12.1. The number of fused-ring (bicyclic) bond motifs is 1. The predicted molar refractivity (Wildman–Crippen MR) is 102 cm³/mol. The Labute approximate surface area is 156 Å². The zero-order valence-corrected chi connectivity index (χ0v) is 16.4. The molecule has 134 valence electrons. The molecule has 2 aromatic heterocycles. The van der Waals surface area contributed by atoms with Gasteiger partial charge in [-0.25, -0.2) is 0 Å². The summed E-state index contributed by atoms with van der Waals surface area (Å²) in [7, 11) is 1.99. The van der Waals surface area contributed by atoms with Crippen LogP contribution in [0.2, 0.25) is 0 Å². The summed E-state index contributed by atoms with van der Waals surface area (Å²) in [6, 6.07) is 2.72. The Morgan fingerprint density at radius 1 is 1.40 bits per heavy atom. The molecule has 7 heteroatoms. The number of thiophene rings is 1. The lowest BCUT2D eigenvalue weighted by molar-refractivity contribution is -0.118. The molecule has 2 aliphatic carbocycles. The van der Waals surface area contributed by atoms with Gasteiger partial charge in [-0.2, -0.15) is 0 Å². The van der Waals surface area contributed by atoms with Crippen LogP contribution in [0, 0.1) is 5.92 Å². The number of aryl methyl sites for hydroxylation is 1. The molecule has 4 rings (SSSR count). The molecule has 2 aromatic rings. The summed E-state index contributed by atoms with van der Waals surface area (Å²) in [5, 5.41) is 12.5. The topological polar surface area (TPSA) is 59.8 Å². The van der Waals surface area contributed by atoms with Crippen molar-refractivity contribution >= 4 is 29.0 Å². The third-order valence-corrected chi connectivity index (χ3v) is 7.35. The minimum absolute atomic E-state index is 0.0919. The maximum atomic E-state index is 11.9. The van der Waals surface area contributed by atoms with Crippen LogP contribution < -0.4 is 5.32 Å². The van der Waals surface area contributed by atoms with Gasteiger partial charge in [0, 0.05) is 18.0 Å². The van der Waals surface area contributed by atoms with E-state index >= 15 is 0 Å². The zero-order chi connectivity index (χ0) is 17.4. The summed E-state index contributed by atoms with van der Waals surface area (Å²) >= 11 is 3.32. The van der Waals surface area contributed by atoms with Crippen LogP contribution in [0.5, 0.6) is 0 Å². The molecule has 0 aromatic carbocycles. The highest BCUT2D eigenvalue weighted by molar-refractivity contribution is 7.99. The molecule has 1 N–H and O–H groups in total. The summed E-state index contributed by atoms with van der Waals surface area (Å²) in [5.74, 6) is 2.24. The van der Waals surface area contributed by atoms with Crippen LogP contribution in [0.3, 0.4) is 0 Å². The Hall–Kier alpha value is -1.34. The van der Waals surface area contributed by atoms with Gasteiger partial charge in [-0.05, 0) is 49.7 Å². The van der Waals surface area contributed by atoms with Crippen molar-refractivity contribution in [2.24, 2.45) is 13.0 Å². The van der Waals surface area contributed by atoms with Crippen LogP contribution in [0.4, 0.5) is 0 Å². The monoisotopic (exact) mass is 376 g/mol. The molecule has 2 aliphatic rings. The number of thioether (sulfide) groups is 1. The molecule has 0 radical (unpaired) electrons. The van der Waals surface area contributed by atoms with Gasteiger partial charge in [-0.15, -0.1) is 21.5 Å². The molecule has 1 atom stereocenters. The summed E-state index contributed by atoms with van der Waals surface area (Å²) in [4.78, 5) is 14.6. The predicted octanol–water partition coefficient (Wildman–Crippen LogP) is 3.43.